The predicted molar refractivity (Wildman–Crippen MR) is 133 cm³/mol. The van der Waals surface area contributed by atoms with Crippen molar-refractivity contribution < 1.29 is 26.0 Å². The van der Waals surface area contributed by atoms with Gasteiger partial charge in [-0.3, -0.25) is 9.69 Å². The van der Waals surface area contributed by atoms with Gasteiger partial charge in [-0.15, -0.1) is 0 Å². The van der Waals surface area contributed by atoms with Crippen LogP contribution in [0.4, 0.5) is 4.39 Å². The molecule has 35 heavy (non-hydrogen) atoms. The summed E-state index contributed by atoms with van der Waals surface area (Å²) in [7, 11) is -7.42. The Hall–Kier alpha value is -1.72. The first-order valence-corrected chi connectivity index (χ1v) is 15.3. The van der Waals surface area contributed by atoms with Crippen LogP contribution >= 0.6 is 23.2 Å². The average Bonchev–Trinajstić information content (AvgIpc) is 3.57. The average molecular weight is 564 g/mol. The van der Waals surface area contributed by atoms with Crippen molar-refractivity contribution in [2.24, 2.45) is 0 Å². The zero-order valence-electron chi connectivity index (χ0n) is 18.9. The third-order valence-corrected chi connectivity index (χ3v) is 9.54. The van der Waals surface area contributed by atoms with Gasteiger partial charge in [-0.1, -0.05) is 23.2 Å². The van der Waals surface area contributed by atoms with Crippen molar-refractivity contribution in [1.29, 1.82) is 0 Å². The molecule has 1 saturated carbocycles. The van der Waals surface area contributed by atoms with Gasteiger partial charge in [-0.2, -0.15) is 0 Å². The maximum Gasteiger partial charge on any atom is 0.267 e. The molecule has 0 bridgehead atoms. The van der Waals surface area contributed by atoms with Crippen molar-refractivity contribution in [3.8, 4) is 0 Å². The number of hydrogen-bond donors (Lipinski definition) is 1. The highest BCUT2D eigenvalue weighted by atomic mass is 35.5. The van der Waals surface area contributed by atoms with E-state index in [1.54, 1.807) is 0 Å². The number of nitrogens with one attached hydrogen (secondary N) is 1. The molecule has 2 aliphatic rings. The van der Waals surface area contributed by atoms with E-state index in [0.717, 1.165) is 30.2 Å². The Morgan fingerprint density at radius 3 is 2.14 bits per heavy atom. The predicted octanol–water partition coefficient (Wildman–Crippen LogP) is 4.14. The molecular formula is C23H25Cl2FN2O5S2. The summed E-state index contributed by atoms with van der Waals surface area (Å²) >= 11 is 12.0. The van der Waals surface area contributed by atoms with E-state index in [0.29, 0.717) is 32.5 Å². The molecule has 0 unspecified atom stereocenters. The van der Waals surface area contributed by atoms with Crippen LogP contribution < -0.4 is 4.72 Å². The molecule has 1 aliphatic heterocycles. The molecule has 12 heteroatoms. The van der Waals surface area contributed by atoms with Crippen LogP contribution in [0.3, 0.4) is 0 Å². The standard InChI is InChI=1S/C23H25Cl2FN2O5S2/c1-34(30,31)27-23(29)21-12-20(14-2-3-14)15(8-22(21)26)13-28-6-4-18(5-7-28)35(32,33)19-10-16(24)9-17(25)11-19/h8-12,14,18H,2-7,13H2,1H3,(H,27,29). The molecule has 4 rings (SSSR count). The summed E-state index contributed by atoms with van der Waals surface area (Å²) in [5.41, 5.74) is 1.25. The molecule has 1 N–H and O–H groups in total. The van der Waals surface area contributed by atoms with E-state index in [2.05, 4.69) is 4.90 Å². The van der Waals surface area contributed by atoms with Crippen molar-refractivity contribution in [3.63, 3.8) is 0 Å². The Morgan fingerprint density at radius 2 is 1.60 bits per heavy atom. The lowest BCUT2D eigenvalue weighted by Gasteiger charge is -2.32. The summed E-state index contributed by atoms with van der Waals surface area (Å²) in [6.45, 7) is 1.41. The number of likely N-dealkylation sites (tertiary alicyclic amines) is 1. The largest absolute Gasteiger partial charge is 0.299 e. The van der Waals surface area contributed by atoms with Crippen molar-refractivity contribution in [2.45, 2.75) is 48.3 Å². The topological polar surface area (TPSA) is 101 Å². The monoisotopic (exact) mass is 562 g/mol. The lowest BCUT2D eigenvalue weighted by atomic mass is 9.98. The summed E-state index contributed by atoms with van der Waals surface area (Å²) in [4.78, 5) is 14.4. The summed E-state index contributed by atoms with van der Waals surface area (Å²) in [5.74, 6) is -1.59. The molecule has 0 atom stereocenters. The Balaban J connectivity index is 1.48. The molecule has 190 valence electrons. The van der Waals surface area contributed by atoms with Gasteiger partial charge in [0.1, 0.15) is 5.82 Å². The zero-order valence-corrected chi connectivity index (χ0v) is 22.1. The van der Waals surface area contributed by atoms with Crippen molar-refractivity contribution in [2.75, 3.05) is 19.3 Å². The first-order valence-electron chi connectivity index (χ1n) is 11.1. The molecule has 0 aromatic heterocycles. The van der Waals surface area contributed by atoms with Gasteiger partial charge in [0.05, 0.1) is 22.0 Å². The number of nitrogens with zero attached hydrogens (tertiary/aromatic N) is 1. The molecule has 2 aromatic carbocycles. The minimum Gasteiger partial charge on any atom is -0.299 e. The summed E-state index contributed by atoms with van der Waals surface area (Å²) in [5, 5.41) is -0.0522. The smallest absolute Gasteiger partial charge is 0.267 e. The summed E-state index contributed by atoms with van der Waals surface area (Å²) in [6.07, 6.45) is 3.47. The Labute approximate surface area is 214 Å². The molecule has 1 aliphatic carbocycles. The molecule has 7 nitrogen and oxygen atoms in total. The van der Waals surface area contributed by atoms with Gasteiger partial charge >= 0.3 is 0 Å². The Morgan fingerprint density at radius 1 is 1.00 bits per heavy atom. The van der Waals surface area contributed by atoms with E-state index in [-0.39, 0.29) is 26.4 Å². The van der Waals surface area contributed by atoms with Gasteiger partial charge in [0.15, 0.2) is 9.84 Å². The van der Waals surface area contributed by atoms with Gasteiger partial charge in [0.2, 0.25) is 10.0 Å². The van der Waals surface area contributed by atoms with Gasteiger partial charge < -0.3 is 0 Å². The minimum atomic E-state index is -3.82. The second kappa shape index (κ2) is 9.97. The molecule has 1 saturated heterocycles. The normalized spacial score (nSPS) is 17.9. The SMILES string of the molecule is CS(=O)(=O)NC(=O)c1cc(C2CC2)c(CN2CCC(S(=O)(=O)c3cc(Cl)cc(Cl)c3)CC2)cc1F. The van der Waals surface area contributed by atoms with Crippen LogP contribution in [-0.2, 0) is 26.4 Å². The Bertz CT molecular complexity index is 1350. The van der Waals surface area contributed by atoms with Gasteiger partial charge in [0.25, 0.3) is 5.91 Å². The van der Waals surface area contributed by atoms with Crippen molar-refractivity contribution in [1.82, 2.24) is 9.62 Å². The Kier molecular flexibility index (Phi) is 7.51. The quantitative estimate of drug-likeness (QED) is 0.544. The molecule has 0 spiro atoms. The first-order chi connectivity index (χ1) is 16.3. The number of rotatable bonds is 7. The number of benzene rings is 2. The highest BCUT2D eigenvalue weighted by molar-refractivity contribution is 7.92. The fourth-order valence-corrected chi connectivity index (χ4v) is 7.34. The lowest BCUT2D eigenvalue weighted by Crippen LogP contribution is -2.39. The first kappa shape index (κ1) is 26.3. The molecule has 1 heterocycles. The van der Waals surface area contributed by atoms with Crippen molar-refractivity contribution >= 4 is 49.0 Å². The van der Waals surface area contributed by atoms with Crippen LogP contribution in [0, 0.1) is 5.82 Å². The lowest BCUT2D eigenvalue weighted by molar-refractivity contribution is 0.0977. The highest BCUT2D eigenvalue weighted by Crippen LogP contribution is 2.43. The van der Waals surface area contributed by atoms with Crippen LogP contribution in [0.5, 0.6) is 0 Å². The van der Waals surface area contributed by atoms with Crippen molar-refractivity contribution in [3.05, 3.63) is 62.9 Å². The van der Waals surface area contributed by atoms with E-state index in [1.807, 2.05) is 4.72 Å². The highest BCUT2D eigenvalue weighted by Gasteiger charge is 2.33. The van der Waals surface area contributed by atoms with Crippen LogP contribution in [-0.4, -0.2) is 52.2 Å². The third kappa shape index (κ3) is 6.35. The van der Waals surface area contributed by atoms with E-state index < -0.39 is 36.8 Å². The third-order valence-electron chi connectivity index (χ3n) is 6.30. The number of carbonyl (C=O) groups is 1. The fourth-order valence-electron chi connectivity index (χ4n) is 4.44. The van der Waals surface area contributed by atoms with Gasteiger partial charge in [-0.05, 0) is 86.1 Å². The molecular weight excluding hydrogens is 538 g/mol. The summed E-state index contributed by atoms with van der Waals surface area (Å²) < 4.78 is 65.6. The number of piperidine rings is 1. The number of sulfone groups is 1. The van der Waals surface area contributed by atoms with Crippen LogP contribution in [0.1, 0.15) is 53.1 Å². The minimum absolute atomic E-state index is 0.106. The second-order valence-corrected chi connectivity index (χ2v) is 14.0. The molecule has 2 aromatic rings. The molecule has 1 amide bonds. The fraction of sp³-hybridized carbons (Fsp3) is 0.435. The second-order valence-electron chi connectivity index (χ2n) is 9.13. The van der Waals surface area contributed by atoms with E-state index in [4.69, 9.17) is 23.2 Å². The number of halogens is 3. The zero-order chi connectivity index (χ0) is 25.5. The van der Waals surface area contributed by atoms with E-state index in [9.17, 15) is 26.0 Å². The number of sulfonamides is 1. The number of carbonyl (C=O) groups excluding carboxylic acids is 1. The maximum absolute atomic E-state index is 14.8. The number of amides is 1. The van der Waals surface area contributed by atoms with Gasteiger partial charge in [-0.25, -0.2) is 25.9 Å². The molecule has 0 radical (unpaired) electrons. The van der Waals surface area contributed by atoms with Crippen LogP contribution in [0.25, 0.3) is 0 Å². The van der Waals surface area contributed by atoms with Crippen LogP contribution in [0.2, 0.25) is 10.0 Å². The number of hydrogen-bond acceptors (Lipinski definition) is 6. The van der Waals surface area contributed by atoms with Gasteiger partial charge in [0, 0.05) is 16.6 Å². The molecule has 2 fully saturated rings. The summed E-state index contributed by atoms with van der Waals surface area (Å²) in [6, 6.07) is 7.03. The maximum atomic E-state index is 14.8. The van der Waals surface area contributed by atoms with E-state index >= 15 is 0 Å². The van der Waals surface area contributed by atoms with E-state index in [1.165, 1.54) is 30.3 Å². The van der Waals surface area contributed by atoms with Crippen LogP contribution in [0.15, 0.2) is 35.2 Å².